The molecule has 1 aliphatic carbocycles. The van der Waals surface area contributed by atoms with Gasteiger partial charge in [-0.3, -0.25) is 0 Å². The third-order valence-corrected chi connectivity index (χ3v) is 4.54. The number of aryl methyl sites for hydroxylation is 1. The molecule has 2 atom stereocenters. The summed E-state index contributed by atoms with van der Waals surface area (Å²) < 4.78 is 19.8. The molecule has 0 amide bonds. The van der Waals surface area contributed by atoms with Gasteiger partial charge in [0.15, 0.2) is 0 Å². The SMILES string of the molecule is CCOC(C1CCCCC1)C(NC)c1cc(C)cc(F)c1. The monoisotopic (exact) mass is 293 g/mol. The van der Waals surface area contributed by atoms with Crippen molar-refractivity contribution in [2.75, 3.05) is 13.7 Å². The quantitative estimate of drug-likeness (QED) is 0.840. The Morgan fingerprint density at radius 3 is 2.52 bits per heavy atom. The van der Waals surface area contributed by atoms with E-state index in [9.17, 15) is 4.39 Å². The molecule has 1 aromatic carbocycles. The molecule has 1 aromatic rings. The first-order valence-corrected chi connectivity index (χ1v) is 8.21. The molecule has 0 radical (unpaired) electrons. The zero-order valence-corrected chi connectivity index (χ0v) is 13.5. The van der Waals surface area contributed by atoms with Crippen LogP contribution in [0.25, 0.3) is 0 Å². The van der Waals surface area contributed by atoms with Crippen LogP contribution >= 0.6 is 0 Å². The fourth-order valence-corrected chi connectivity index (χ4v) is 3.62. The first-order valence-electron chi connectivity index (χ1n) is 8.21. The van der Waals surface area contributed by atoms with Gasteiger partial charge in [0, 0.05) is 6.61 Å². The Morgan fingerprint density at radius 1 is 1.24 bits per heavy atom. The van der Waals surface area contributed by atoms with Crippen LogP contribution in [0.2, 0.25) is 0 Å². The fraction of sp³-hybridized carbons (Fsp3) is 0.667. The van der Waals surface area contributed by atoms with Crippen molar-refractivity contribution in [1.29, 1.82) is 0 Å². The fourth-order valence-electron chi connectivity index (χ4n) is 3.62. The number of hydrogen-bond donors (Lipinski definition) is 1. The van der Waals surface area contributed by atoms with Gasteiger partial charge < -0.3 is 10.1 Å². The minimum Gasteiger partial charge on any atom is -0.376 e. The number of benzene rings is 1. The maximum atomic E-state index is 13.7. The molecule has 0 bridgehead atoms. The third-order valence-electron chi connectivity index (χ3n) is 4.54. The lowest BCUT2D eigenvalue weighted by atomic mass is 9.80. The third kappa shape index (κ3) is 4.27. The van der Waals surface area contributed by atoms with Crippen molar-refractivity contribution in [3.8, 4) is 0 Å². The first kappa shape index (κ1) is 16.4. The number of hydrogen-bond acceptors (Lipinski definition) is 2. The second-order valence-corrected chi connectivity index (χ2v) is 6.15. The topological polar surface area (TPSA) is 21.3 Å². The molecular formula is C18H28FNO. The van der Waals surface area contributed by atoms with Crippen molar-refractivity contribution in [2.24, 2.45) is 5.92 Å². The van der Waals surface area contributed by atoms with Crippen LogP contribution in [0.15, 0.2) is 18.2 Å². The number of likely N-dealkylation sites (N-methyl/N-ethyl adjacent to an activating group) is 1. The maximum Gasteiger partial charge on any atom is 0.123 e. The standard InChI is InChI=1S/C18H28FNO/c1-4-21-18(14-8-6-5-7-9-14)17(20-3)15-10-13(2)11-16(19)12-15/h10-12,14,17-18,20H,4-9H2,1-3H3. The summed E-state index contributed by atoms with van der Waals surface area (Å²) in [6.45, 7) is 4.68. The minimum atomic E-state index is -0.163. The Labute approximate surface area is 128 Å². The van der Waals surface area contributed by atoms with Crippen LogP contribution in [0.1, 0.15) is 56.2 Å². The van der Waals surface area contributed by atoms with Crippen LogP contribution in [-0.4, -0.2) is 19.8 Å². The molecule has 1 saturated carbocycles. The molecule has 0 aromatic heterocycles. The second kappa shape index (κ2) is 7.90. The zero-order valence-electron chi connectivity index (χ0n) is 13.5. The van der Waals surface area contributed by atoms with E-state index in [1.807, 2.05) is 20.9 Å². The van der Waals surface area contributed by atoms with Crippen molar-refractivity contribution in [2.45, 2.75) is 58.1 Å². The zero-order chi connectivity index (χ0) is 15.2. The average molecular weight is 293 g/mol. The van der Waals surface area contributed by atoms with Gasteiger partial charge in [-0.1, -0.05) is 25.3 Å². The van der Waals surface area contributed by atoms with E-state index in [4.69, 9.17) is 4.74 Å². The normalized spacial score (nSPS) is 19.4. The Kier molecular flexibility index (Phi) is 6.19. The molecule has 0 heterocycles. The van der Waals surface area contributed by atoms with Crippen LogP contribution in [0.5, 0.6) is 0 Å². The molecule has 118 valence electrons. The molecule has 2 nitrogen and oxygen atoms in total. The molecule has 1 aliphatic rings. The van der Waals surface area contributed by atoms with E-state index in [1.54, 1.807) is 12.1 Å². The van der Waals surface area contributed by atoms with Crippen molar-refractivity contribution in [3.05, 3.63) is 35.1 Å². The highest BCUT2D eigenvalue weighted by Crippen LogP contribution is 2.34. The van der Waals surface area contributed by atoms with Crippen molar-refractivity contribution < 1.29 is 9.13 Å². The maximum absolute atomic E-state index is 13.7. The number of halogens is 1. The average Bonchev–Trinajstić information content (AvgIpc) is 2.47. The molecule has 2 rings (SSSR count). The van der Waals surface area contributed by atoms with Crippen LogP contribution < -0.4 is 5.32 Å². The highest BCUT2D eigenvalue weighted by Gasteiger charge is 2.31. The van der Waals surface area contributed by atoms with Crippen molar-refractivity contribution >= 4 is 0 Å². The van der Waals surface area contributed by atoms with E-state index < -0.39 is 0 Å². The van der Waals surface area contributed by atoms with Gasteiger partial charge in [-0.2, -0.15) is 0 Å². The molecule has 0 saturated heterocycles. The van der Waals surface area contributed by atoms with E-state index in [0.717, 1.165) is 11.1 Å². The molecule has 3 heteroatoms. The lowest BCUT2D eigenvalue weighted by Gasteiger charge is -2.36. The van der Waals surface area contributed by atoms with Gasteiger partial charge in [0.1, 0.15) is 5.82 Å². The Bertz CT molecular complexity index is 423. The van der Waals surface area contributed by atoms with E-state index in [0.29, 0.717) is 12.5 Å². The van der Waals surface area contributed by atoms with Gasteiger partial charge >= 0.3 is 0 Å². The minimum absolute atomic E-state index is 0.0578. The molecule has 1 fully saturated rings. The van der Waals surface area contributed by atoms with Gasteiger partial charge in [-0.25, -0.2) is 4.39 Å². The molecular weight excluding hydrogens is 265 g/mol. The van der Waals surface area contributed by atoms with Gasteiger partial charge in [-0.15, -0.1) is 0 Å². The number of nitrogens with one attached hydrogen (secondary N) is 1. The van der Waals surface area contributed by atoms with Gasteiger partial charge in [0.25, 0.3) is 0 Å². The molecule has 0 spiro atoms. The summed E-state index contributed by atoms with van der Waals surface area (Å²) in [6, 6.07) is 5.34. The van der Waals surface area contributed by atoms with Gasteiger partial charge in [0.2, 0.25) is 0 Å². The van der Waals surface area contributed by atoms with Crippen LogP contribution in [0, 0.1) is 18.7 Å². The van der Waals surface area contributed by atoms with E-state index in [-0.39, 0.29) is 18.0 Å². The number of ether oxygens (including phenoxy) is 1. The van der Waals surface area contributed by atoms with E-state index >= 15 is 0 Å². The highest BCUT2D eigenvalue weighted by molar-refractivity contribution is 5.27. The van der Waals surface area contributed by atoms with Crippen LogP contribution in [-0.2, 0) is 4.74 Å². The predicted molar refractivity (Wildman–Crippen MR) is 84.9 cm³/mol. The smallest absolute Gasteiger partial charge is 0.123 e. The lowest BCUT2D eigenvalue weighted by Crippen LogP contribution is -2.38. The van der Waals surface area contributed by atoms with Crippen molar-refractivity contribution in [3.63, 3.8) is 0 Å². The predicted octanol–water partition coefficient (Wildman–Crippen LogP) is 4.38. The van der Waals surface area contributed by atoms with Crippen LogP contribution in [0.3, 0.4) is 0 Å². The van der Waals surface area contributed by atoms with Gasteiger partial charge in [0.05, 0.1) is 12.1 Å². The molecule has 2 unspecified atom stereocenters. The van der Waals surface area contributed by atoms with Crippen molar-refractivity contribution in [1.82, 2.24) is 5.32 Å². The van der Waals surface area contributed by atoms with Gasteiger partial charge in [-0.05, 0) is 62.9 Å². The largest absolute Gasteiger partial charge is 0.376 e. The number of rotatable bonds is 6. The summed E-state index contributed by atoms with van der Waals surface area (Å²) in [5.74, 6) is 0.406. The lowest BCUT2D eigenvalue weighted by molar-refractivity contribution is -0.0168. The summed E-state index contributed by atoms with van der Waals surface area (Å²) in [5.41, 5.74) is 1.96. The summed E-state index contributed by atoms with van der Waals surface area (Å²) in [6.07, 6.45) is 6.47. The van der Waals surface area contributed by atoms with E-state index in [2.05, 4.69) is 11.4 Å². The molecule has 1 N–H and O–H groups in total. The Hall–Kier alpha value is -0.930. The first-order chi connectivity index (χ1) is 10.2. The summed E-state index contributed by atoms with van der Waals surface area (Å²) >= 11 is 0. The summed E-state index contributed by atoms with van der Waals surface area (Å²) in [4.78, 5) is 0. The molecule has 0 aliphatic heterocycles. The second-order valence-electron chi connectivity index (χ2n) is 6.15. The van der Waals surface area contributed by atoms with Crippen LogP contribution in [0.4, 0.5) is 4.39 Å². The molecule has 21 heavy (non-hydrogen) atoms. The summed E-state index contributed by atoms with van der Waals surface area (Å²) in [7, 11) is 1.94. The highest BCUT2D eigenvalue weighted by atomic mass is 19.1. The van der Waals surface area contributed by atoms with E-state index in [1.165, 1.54) is 32.1 Å². The summed E-state index contributed by atoms with van der Waals surface area (Å²) in [5, 5.41) is 3.36. The Morgan fingerprint density at radius 2 is 1.95 bits per heavy atom. The Balaban J connectivity index is 2.25.